The number of piperidine rings is 1. The molecule has 0 saturated carbocycles. The summed E-state index contributed by atoms with van der Waals surface area (Å²) in [6.07, 6.45) is 3.18. The molecule has 5 heteroatoms. The molecule has 3 aromatic rings. The summed E-state index contributed by atoms with van der Waals surface area (Å²) in [7, 11) is 0. The van der Waals surface area contributed by atoms with Crippen molar-refractivity contribution in [3.8, 4) is 0 Å². The van der Waals surface area contributed by atoms with Crippen molar-refractivity contribution in [2.75, 3.05) is 13.1 Å². The van der Waals surface area contributed by atoms with Crippen molar-refractivity contribution in [1.29, 1.82) is 0 Å². The third-order valence-electron chi connectivity index (χ3n) is 5.19. The van der Waals surface area contributed by atoms with Crippen LogP contribution in [0, 0.1) is 6.92 Å². The number of nitrogens with zero attached hydrogens (tertiary/aromatic N) is 3. The van der Waals surface area contributed by atoms with Gasteiger partial charge < -0.3 is 5.11 Å². The van der Waals surface area contributed by atoms with Gasteiger partial charge in [0.15, 0.2) is 0 Å². The number of likely N-dealkylation sites (tertiary alicyclic amines) is 1. The molecule has 1 fully saturated rings. The summed E-state index contributed by atoms with van der Waals surface area (Å²) in [6, 6.07) is 13.9. The van der Waals surface area contributed by atoms with E-state index >= 15 is 0 Å². The van der Waals surface area contributed by atoms with E-state index in [2.05, 4.69) is 22.0 Å². The summed E-state index contributed by atoms with van der Waals surface area (Å²) in [6.45, 7) is 4.40. The van der Waals surface area contributed by atoms with Crippen molar-refractivity contribution in [3.05, 3.63) is 70.6 Å². The van der Waals surface area contributed by atoms with E-state index in [1.807, 2.05) is 43.5 Å². The van der Waals surface area contributed by atoms with Gasteiger partial charge in [0.05, 0.1) is 21.9 Å². The average Bonchev–Trinajstić information content (AvgIpc) is 2.65. The van der Waals surface area contributed by atoms with Crippen LogP contribution in [0.5, 0.6) is 0 Å². The van der Waals surface area contributed by atoms with Gasteiger partial charge in [-0.3, -0.25) is 9.88 Å². The van der Waals surface area contributed by atoms with Gasteiger partial charge >= 0.3 is 0 Å². The van der Waals surface area contributed by atoms with E-state index in [-0.39, 0.29) is 0 Å². The van der Waals surface area contributed by atoms with Gasteiger partial charge in [-0.05, 0) is 43.5 Å². The lowest BCUT2D eigenvalue weighted by Crippen LogP contribution is -2.42. The summed E-state index contributed by atoms with van der Waals surface area (Å²) in [5, 5.41) is 12.7. The highest BCUT2D eigenvalue weighted by atomic mass is 35.5. The van der Waals surface area contributed by atoms with Gasteiger partial charge in [-0.1, -0.05) is 35.9 Å². The molecule has 1 N–H and O–H groups in total. The van der Waals surface area contributed by atoms with Crippen molar-refractivity contribution in [2.45, 2.75) is 31.9 Å². The highest BCUT2D eigenvalue weighted by Crippen LogP contribution is 2.32. The average molecular weight is 368 g/mol. The Morgan fingerprint density at radius 2 is 1.92 bits per heavy atom. The van der Waals surface area contributed by atoms with Crippen molar-refractivity contribution in [3.63, 3.8) is 0 Å². The fourth-order valence-electron chi connectivity index (χ4n) is 3.55. The van der Waals surface area contributed by atoms with Crippen LogP contribution >= 0.6 is 11.6 Å². The van der Waals surface area contributed by atoms with Crippen LogP contribution < -0.4 is 0 Å². The Morgan fingerprint density at radius 3 is 2.65 bits per heavy atom. The summed E-state index contributed by atoms with van der Waals surface area (Å²) in [5.74, 6) is 0. The molecule has 0 unspecified atom stereocenters. The van der Waals surface area contributed by atoms with Crippen LogP contribution in [0.25, 0.3) is 10.9 Å². The van der Waals surface area contributed by atoms with Gasteiger partial charge in [-0.15, -0.1) is 0 Å². The van der Waals surface area contributed by atoms with E-state index < -0.39 is 5.60 Å². The zero-order valence-electron chi connectivity index (χ0n) is 14.8. The van der Waals surface area contributed by atoms with Gasteiger partial charge in [-0.2, -0.15) is 0 Å². The number of rotatable bonds is 3. The summed E-state index contributed by atoms with van der Waals surface area (Å²) >= 11 is 6.27. The number of hydrogen-bond donors (Lipinski definition) is 1. The van der Waals surface area contributed by atoms with E-state index in [0.29, 0.717) is 17.9 Å². The first kappa shape index (κ1) is 17.4. The molecule has 1 aliphatic rings. The topological polar surface area (TPSA) is 49.2 Å². The molecule has 1 saturated heterocycles. The molecular weight excluding hydrogens is 346 g/mol. The minimum absolute atomic E-state index is 0.678. The highest BCUT2D eigenvalue weighted by molar-refractivity contribution is 6.35. The van der Waals surface area contributed by atoms with Gasteiger partial charge in [0, 0.05) is 31.2 Å². The number of hydrogen-bond acceptors (Lipinski definition) is 4. The number of benzene rings is 1. The van der Waals surface area contributed by atoms with Gasteiger partial charge in [0.2, 0.25) is 0 Å². The zero-order chi connectivity index (χ0) is 18.1. The Balaban J connectivity index is 1.45. The maximum Gasteiger partial charge on any atom is 0.109 e. The number of aryl methyl sites for hydroxylation is 1. The molecule has 4 nitrogen and oxygen atoms in total. The van der Waals surface area contributed by atoms with Crippen LogP contribution in [0.4, 0.5) is 0 Å². The molecule has 1 aromatic carbocycles. The predicted molar refractivity (Wildman–Crippen MR) is 104 cm³/mol. The lowest BCUT2D eigenvalue weighted by atomic mass is 9.87. The monoisotopic (exact) mass is 367 g/mol. The fraction of sp³-hybridized carbons (Fsp3) is 0.333. The lowest BCUT2D eigenvalue weighted by molar-refractivity contribution is -0.0313. The van der Waals surface area contributed by atoms with Gasteiger partial charge in [0.25, 0.3) is 0 Å². The molecule has 1 aliphatic heterocycles. The SMILES string of the molecule is Cc1ccc(C2(O)CCN(Cc3ccc4cccc(Cl)c4n3)CC2)nc1. The van der Waals surface area contributed by atoms with Crippen molar-refractivity contribution in [1.82, 2.24) is 14.9 Å². The highest BCUT2D eigenvalue weighted by Gasteiger charge is 2.35. The molecule has 2 aromatic heterocycles. The molecule has 134 valence electrons. The lowest BCUT2D eigenvalue weighted by Gasteiger charge is -2.37. The molecule has 3 heterocycles. The van der Waals surface area contributed by atoms with Gasteiger partial charge in [0.1, 0.15) is 5.60 Å². The third-order valence-corrected chi connectivity index (χ3v) is 5.49. The number of pyridine rings is 2. The van der Waals surface area contributed by atoms with Crippen LogP contribution in [0.1, 0.15) is 29.8 Å². The van der Waals surface area contributed by atoms with E-state index in [1.165, 1.54) is 0 Å². The van der Waals surface area contributed by atoms with Crippen LogP contribution in [-0.4, -0.2) is 33.1 Å². The standard InChI is InChI=1S/C21H22ClN3O/c1-15-5-8-19(23-13-15)21(26)9-11-25(12-10-21)14-17-7-6-16-3-2-4-18(22)20(16)24-17/h2-8,13,26H,9-12,14H2,1H3. The van der Waals surface area contributed by atoms with E-state index in [9.17, 15) is 5.11 Å². The smallest absolute Gasteiger partial charge is 0.109 e. The van der Waals surface area contributed by atoms with Crippen LogP contribution in [0.15, 0.2) is 48.7 Å². The number of aliphatic hydroxyl groups is 1. The molecule has 0 spiro atoms. The van der Waals surface area contributed by atoms with E-state index in [1.54, 1.807) is 0 Å². The second-order valence-corrected chi connectivity index (χ2v) is 7.55. The maximum atomic E-state index is 11.0. The molecule has 0 radical (unpaired) electrons. The Morgan fingerprint density at radius 1 is 1.12 bits per heavy atom. The van der Waals surface area contributed by atoms with Crippen LogP contribution in [0.3, 0.4) is 0 Å². The second kappa shape index (κ2) is 6.95. The van der Waals surface area contributed by atoms with Crippen LogP contribution in [0.2, 0.25) is 5.02 Å². The van der Waals surface area contributed by atoms with Crippen molar-refractivity contribution < 1.29 is 5.11 Å². The summed E-state index contributed by atoms with van der Waals surface area (Å²) in [4.78, 5) is 11.5. The molecule has 0 atom stereocenters. The normalized spacial score (nSPS) is 17.5. The number of halogens is 1. The molecule has 0 bridgehead atoms. The van der Waals surface area contributed by atoms with E-state index in [4.69, 9.17) is 16.6 Å². The fourth-order valence-corrected chi connectivity index (χ4v) is 3.77. The Hall–Kier alpha value is -2.01. The molecule has 0 amide bonds. The van der Waals surface area contributed by atoms with Gasteiger partial charge in [-0.25, -0.2) is 4.98 Å². The quantitative estimate of drug-likeness (QED) is 0.758. The first-order chi connectivity index (χ1) is 12.5. The van der Waals surface area contributed by atoms with Crippen LogP contribution in [-0.2, 0) is 12.1 Å². The Kier molecular flexibility index (Phi) is 4.65. The minimum atomic E-state index is -0.829. The number of aromatic nitrogens is 2. The molecule has 26 heavy (non-hydrogen) atoms. The van der Waals surface area contributed by atoms with Crippen molar-refractivity contribution >= 4 is 22.5 Å². The first-order valence-electron chi connectivity index (χ1n) is 8.96. The van der Waals surface area contributed by atoms with Crippen molar-refractivity contribution in [2.24, 2.45) is 0 Å². The van der Waals surface area contributed by atoms with E-state index in [0.717, 1.165) is 47.5 Å². The zero-order valence-corrected chi connectivity index (χ0v) is 15.6. The molecule has 4 rings (SSSR count). The Bertz CT molecular complexity index is 918. The summed E-state index contributed by atoms with van der Waals surface area (Å²) < 4.78 is 0. The number of fused-ring (bicyclic) bond motifs is 1. The number of para-hydroxylation sites is 1. The maximum absolute atomic E-state index is 11.0. The first-order valence-corrected chi connectivity index (χ1v) is 9.33. The second-order valence-electron chi connectivity index (χ2n) is 7.14. The largest absolute Gasteiger partial charge is 0.383 e. The molecular formula is C21H22ClN3O. The third kappa shape index (κ3) is 3.45. The Labute approximate surface area is 158 Å². The molecule has 0 aliphatic carbocycles. The predicted octanol–water partition coefficient (Wildman–Crippen LogP) is 4.08. The summed E-state index contributed by atoms with van der Waals surface area (Å²) in [5.41, 5.74) is 2.91. The minimum Gasteiger partial charge on any atom is -0.383 e.